The predicted molar refractivity (Wildman–Crippen MR) is 174 cm³/mol. The van der Waals surface area contributed by atoms with Gasteiger partial charge in [0.25, 0.3) is 0 Å². The van der Waals surface area contributed by atoms with Crippen LogP contribution < -0.4 is 0 Å². The van der Waals surface area contributed by atoms with Crippen molar-refractivity contribution in [2.24, 2.45) is 0 Å². The normalized spacial score (nSPS) is 11.8. The van der Waals surface area contributed by atoms with Crippen molar-refractivity contribution in [3.8, 4) is 22.8 Å². The van der Waals surface area contributed by atoms with Crippen LogP contribution in [0.2, 0.25) is 0 Å². The minimum Gasteiger partial charge on any atom is -0.244 e. The molecular weight excluding hydrogens is 512 g/mol. The summed E-state index contributed by atoms with van der Waals surface area (Å²) in [4.78, 5) is 0. The SMILES string of the molecule is c1ccc(-c2nnc(-c3ccccc3)n2-n2c3ccccc3c3ccc4c5ccccc5c5ccccc5c4c32)cc1. The van der Waals surface area contributed by atoms with Gasteiger partial charge >= 0.3 is 0 Å². The maximum Gasteiger partial charge on any atom is 0.183 e. The molecule has 0 radical (unpaired) electrons. The molecule has 0 aliphatic heterocycles. The number of nitrogens with zero attached hydrogens (tertiary/aromatic N) is 4. The van der Waals surface area contributed by atoms with Crippen LogP contribution in [-0.4, -0.2) is 19.5 Å². The largest absolute Gasteiger partial charge is 0.244 e. The molecule has 2 heterocycles. The predicted octanol–water partition coefficient (Wildman–Crippen LogP) is 9.49. The second kappa shape index (κ2) is 8.88. The highest BCUT2D eigenvalue weighted by molar-refractivity contribution is 6.33. The molecule has 4 heteroatoms. The lowest BCUT2D eigenvalue weighted by molar-refractivity contribution is 0.727. The standard InChI is InChI=1S/C38H24N4/c1-3-13-25(14-4-1)37-39-40-38(26-15-5-2-6-16-26)42(37)41-34-22-12-11-20-30(34)33-24-23-32-29-19-8-7-17-27(29)28-18-9-10-21-31(28)35(32)36(33)41/h1-24H. The fourth-order valence-corrected chi connectivity index (χ4v) is 6.63. The van der Waals surface area contributed by atoms with E-state index in [0.29, 0.717) is 0 Å². The lowest BCUT2D eigenvalue weighted by Gasteiger charge is -2.17. The van der Waals surface area contributed by atoms with Gasteiger partial charge < -0.3 is 0 Å². The third-order valence-electron chi connectivity index (χ3n) is 8.42. The first-order valence-electron chi connectivity index (χ1n) is 14.2. The summed E-state index contributed by atoms with van der Waals surface area (Å²) in [7, 11) is 0. The molecule has 0 saturated carbocycles. The second-order valence-corrected chi connectivity index (χ2v) is 10.7. The maximum absolute atomic E-state index is 4.82. The Bertz CT molecular complexity index is 2360. The van der Waals surface area contributed by atoms with E-state index < -0.39 is 0 Å². The van der Waals surface area contributed by atoms with Crippen LogP contribution in [0, 0.1) is 0 Å². The molecule has 0 aliphatic carbocycles. The van der Waals surface area contributed by atoms with Crippen LogP contribution in [0.1, 0.15) is 0 Å². The number of fused-ring (bicyclic) bond motifs is 10. The van der Waals surface area contributed by atoms with Gasteiger partial charge in [0.15, 0.2) is 11.6 Å². The maximum atomic E-state index is 4.82. The van der Waals surface area contributed by atoms with Crippen molar-refractivity contribution in [2.75, 3.05) is 0 Å². The molecule has 0 spiro atoms. The van der Waals surface area contributed by atoms with E-state index in [1.54, 1.807) is 0 Å². The van der Waals surface area contributed by atoms with Crippen molar-refractivity contribution < 1.29 is 0 Å². The van der Waals surface area contributed by atoms with Crippen LogP contribution in [0.5, 0.6) is 0 Å². The van der Waals surface area contributed by atoms with Gasteiger partial charge in [-0.1, -0.05) is 140 Å². The molecule has 0 fully saturated rings. The fraction of sp³-hybridized carbons (Fsp3) is 0. The second-order valence-electron chi connectivity index (χ2n) is 10.7. The lowest BCUT2D eigenvalue weighted by Crippen LogP contribution is -2.13. The average molecular weight is 537 g/mol. The third kappa shape index (κ3) is 3.17. The zero-order valence-corrected chi connectivity index (χ0v) is 22.6. The molecule has 9 rings (SSSR count). The molecule has 2 aromatic heterocycles. The number of rotatable bonds is 3. The summed E-state index contributed by atoms with van der Waals surface area (Å²) in [5.41, 5.74) is 4.26. The van der Waals surface area contributed by atoms with Crippen LogP contribution in [0.15, 0.2) is 146 Å². The Morgan fingerprint density at radius 3 is 1.36 bits per heavy atom. The highest BCUT2D eigenvalue weighted by atomic mass is 15.5. The van der Waals surface area contributed by atoms with E-state index in [0.717, 1.165) is 33.8 Å². The van der Waals surface area contributed by atoms with Gasteiger partial charge in [-0.3, -0.25) is 0 Å². The summed E-state index contributed by atoms with van der Waals surface area (Å²) < 4.78 is 4.55. The van der Waals surface area contributed by atoms with E-state index in [4.69, 9.17) is 10.2 Å². The minimum absolute atomic E-state index is 0.791. The Kier molecular flexibility index (Phi) is 4.87. The summed E-state index contributed by atoms with van der Waals surface area (Å²) in [6, 6.07) is 51.5. The first-order chi connectivity index (χ1) is 20.9. The summed E-state index contributed by atoms with van der Waals surface area (Å²) in [5, 5.41) is 19.5. The molecule has 9 aromatic rings. The Balaban J connectivity index is 1.56. The molecule has 0 atom stereocenters. The molecule has 0 saturated heterocycles. The van der Waals surface area contributed by atoms with Crippen molar-refractivity contribution >= 4 is 54.1 Å². The van der Waals surface area contributed by atoms with Crippen molar-refractivity contribution in [3.05, 3.63) is 146 Å². The molecule has 42 heavy (non-hydrogen) atoms. The van der Waals surface area contributed by atoms with Crippen molar-refractivity contribution in [3.63, 3.8) is 0 Å². The summed E-state index contributed by atoms with van der Waals surface area (Å²) >= 11 is 0. The fourth-order valence-electron chi connectivity index (χ4n) is 6.63. The Morgan fingerprint density at radius 2 is 0.762 bits per heavy atom. The lowest BCUT2D eigenvalue weighted by atomic mass is 9.93. The van der Waals surface area contributed by atoms with Gasteiger partial charge in [0.05, 0.1) is 11.0 Å². The van der Waals surface area contributed by atoms with E-state index in [1.807, 2.05) is 12.1 Å². The van der Waals surface area contributed by atoms with E-state index in [2.05, 4.69) is 143 Å². The highest BCUT2D eigenvalue weighted by Gasteiger charge is 2.24. The van der Waals surface area contributed by atoms with Gasteiger partial charge in [-0.05, 0) is 33.0 Å². The van der Waals surface area contributed by atoms with Gasteiger partial charge in [-0.2, -0.15) is 0 Å². The molecular formula is C38H24N4. The Hall–Kier alpha value is -5.74. The number of benzene rings is 7. The first-order valence-corrected chi connectivity index (χ1v) is 14.2. The van der Waals surface area contributed by atoms with Gasteiger partial charge in [0.2, 0.25) is 0 Å². The van der Waals surface area contributed by atoms with Crippen molar-refractivity contribution in [2.45, 2.75) is 0 Å². The minimum atomic E-state index is 0.791. The van der Waals surface area contributed by atoms with Gasteiger partial charge in [-0.15, -0.1) is 10.2 Å². The summed E-state index contributed by atoms with van der Waals surface area (Å²) in [5.74, 6) is 1.58. The van der Waals surface area contributed by atoms with Crippen LogP contribution >= 0.6 is 0 Å². The van der Waals surface area contributed by atoms with E-state index in [-0.39, 0.29) is 0 Å². The third-order valence-corrected chi connectivity index (χ3v) is 8.42. The van der Waals surface area contributed by atoms with Crippen LogP contribution in [0.4, 0.5) is 0 Å². The molecule has 0 aliphatic rings. The van der Waals surface area contributed by atoms with Crippen LogP contribution in [-0.2, 0) is 0 Å². The van der Waals surface area contributed by atoms with Crippen LogP contribution in [0.25, 0.3) is 76.9 Å². The monoisotopic (exact) mass is 536 g/mol. The topological polar surface area (TPSA) is 35.6 Å². The van der Waals surface area contributed by atoms with E-state index in [1.165, 1.54) is 43.1 Å². The quantitative estimate of drug-likeness (QED) is 0.211. The average Bonchev–Trinajstić information content (AvgIpc) is 3.65. The van der Waals surface area contributed by atoms with Gasteiger partial charge in [-0.25, -0.2) is 9.35 Å². The van der Waals surface area contributed by atoms with E-state index >= 15 is 0 Å². The molecule has 196 valence electrons. The number of hydrogen-bond donors (Lipinski definition) is 0. The first kappa shape index (κ1) is 23.0. The smallest absolute Gasteiger partial charge is 0.183 e. The van der Waals surface area contributed by atoms with Gasteiger partial charge in [0, 0.05) is 27.3 Å². The zero-order chi connectivity index (χ0) is 27.6. The molecule has 0 bridgehead atoms. The van der Waals surface area contributed by atoms with Gasteiger partial charge in [0.1, 0.15) is 0 Å². The molecule has 7 aromatic carbocycles. The molecule has 0 unspecified atom stereocenters. The van der Waals surface area contributed by atoms with Crippen molar-refractivity contribution in [1.82, 2.24) is 19.5 Å². The number of aromatic nitrogens is 4. The van der Waals surface area contributed by atoms with Crippen molar-refractivity contribution in [1.29, 1.82) is 0 Å². The highest BCUT2D eigenvalue weighted by Crippen LogP contribution is 2.42. The molecule has 4 nitrogen and oxygen atoms in total. The number of hydrogen-bond acceptors (Lipinski definition) is 2. The van der Waals surface area contributed by atoms with E-state index in [9.17, 15) is 0 Å². The molecule has 0 amide bonds. The summed E-state index contributed by atoms with van der Waals surface area (Å²) in [6.45, 7) is 0. The summed E-state index contributed by atoms with van der Waals surface area (Å²) in [6.07, 6.45) is 0. The Labute approximate surface area is 241 Å². The molecule has 0 N–H and O–H groups in total. The van der Waals surface area contributed by atoms with Crippen LogP contribution in [0.3, 0.4) is 0 Å². The zero-order valence-electron chi connectivity index (χ0n) is 22.6. The number of para-hydroxylation sites is 1. The Morgan fingerprint density at radius 1 is 0.333 bits per heavy atom.